The molecule has 0 saturated heterocycles. The summed E-state index contributed by atoms with van der Waals surface area (Å²) in [4.78, 5) is 12.8. The van der Waals surface area contributed by atoms with Crippen molar-refractivity contribution in [3.05, 3.63) is 17.3 Å². The van der Waals surface area contributed by atoms with Crippen LogP contribution in [0.5, 0.6) is 0 Å². The molecule has 0 bridgehead atoms. The summed E-state index contributed by atoms with van der Waals surface area (Å²) in [6.07, 6.45) is 1.56. The minimum Gasteiger partial charge on any atom is -0.340 e. The first kappa shape index (κ1) is 8.46. The zero-order chi connectivity index (χ0) is 8.43. The van der Waals surface area contributed by atoms with E-state index in [9.17, 15) is 4.79 Å². The largest absolute Gasteiger partial charge is 0.340 e. The maximum absolute atomic E-state index is 10.9. The van der Waals surface area contributed by atoms with Crippen LogP contribution >= 0.6 is 12.6 Å². The van der Waals surface area contributed by atoms with Crippen LogP contribution in [0.25, 0.3) is 0 Å². The van der Waals surface area contributed by atoms with E-state index in [1.807, 2.05) is 18.7 Å². The molecule has 0 spiro atoms. The molecule has 4 heteroatoms. The van der Waals surface area contributed by atoms with Gasteiger partial charge in [-0.3, -0.25) is 4.79 Å². The van der Waals surface area contributed by atoms with Gasteiger partial charge in [-0.25, -0.2) is 0 Å². The average Bonchev–Trinajstić information content (AvgIpc) is 1.85. The smallest absolute Gasteiger partial charge is 0.248 e. The topological polar surface area (TPSA) is 32.3 Å². The molecule has 0 aromatic heterocycles. The van der Waals surface area contributed by atoms with Crippen LogP contribution in [0.15, 0.2) is 11.8 Å². The van der Waals surface area contributed by atoms with Gasteiger partial charge in [-0.05, 0) is 13.8 Å². The van der Waals surface area contributed by atoms with Gasteiger partial charge in [0, 0.05) is 18.3 Å². The molecule has 3 nitrogen and oxygen atoms in total. The second-order valence-corrected chi connectivity index (χ2v) is 2.77. The van der Waals surface area contributed by atoms with E-state index in [-0.39, 0.29) is 5.91 Å². The second kappa shape index (κ2) is 3.17. The third-order valence-electron chi connectivity index (χ3n) is 1.57. The molecule has 0 saturated carbocycles. The highest BCUT2D eigenvalue weighted by Crippen LogP contribution is 2.19. The van der Waals surface area contributed by atoms with Gasteiger partial charge in [-0.15, -0.1) is 12.6 Å². The molecular formula is C7H11N2OS. The van der Waals surface area contributed by atoms with Crippen LogP contribution in [0.2, 0.25) is 0 Å². The lowest BCUT2D eigenvalue weighted by molar-refractivity contribution is -0.117. The number of allylic oxidation sites excluding steroid dienone is 1. The summed E-state index contributed by atoms with van der Waals surface area (Å²) in [5.74, 6) is -0.0998. The van der Waals surface area contributed by atoms with Crippen LogP contribution in [0.3, 0.4) is 0 Å². The summed E-state index contributed by atoms with van der Waals surface area (Å²) in [7, 11) is 0. The van der Waals surface area contributed by atoms with Crippen molar-refractivity contribution < 1.29 is 4.79 Å². The number of carbonyl (C=O) groups is 1. The van der Waals surface area contributed by atoms with E-state index in [4.69, 9.17) is 0 Å². The monoisotopic (exact) mass is 171 g/mol. The molecule has 1 amide bonds. The Bertz CT molecular complexity index is 203. The number of nitrogens with one attached hydrogen (secondary N) is 1. The third-order valence-corrected chi connectivity index (χ3v) is 1.93. The standard InChI is InChI=1S/C7H11N2OS/c1-3-9-5(2)4-6(10)8-7(9)11/h4,11H,3H2,1-2H3,(H,8,10). The summed E-state index contributed by atoms with van der Waals surface area (Å²) in [5.41, 5.74) is 1.54. The predicted molar refractivity (Wildman–Crippen MR) is 46.5 cm³/mol. The number of amides is 1. The van der Waals surface area contributed by atoms with E-state index < -0.39 is 0 Å². The highest BCUT2D eigenvalue weighted by molar-refractivity contribution is 7.83. The Morgan fingerprint density at radius 1 is 1.73 bits per heavy atom. The van der Waals surface area contributed by atoms with Gasteiger partial charge in [0.05, 0.1) is 0 Å². The van der Waals surface area contributed by atoms with E-state index in [0.717, 1.165) is 12.2 Å². The Kier molecular flexibility index (Phi) is 2.44. The van der Waals surface area contributed by atoms with Crippen molar-refractivity contribution in [1.29, 1.82) is 0 Å². The van der Waals surface area contributed by atoms with Crippen molar-refractivity contribution in [2.24, 2.45) is 0 Å². The molecule has 1 heterocycles. The summed E-state index contributed by atoms with van der Waals surface area (Å²) in [5, 5.41) is 2.60. The molecule has 1 rings (SSSR count). The summed E-state index contributed by atoms with van der Waals surface area (Å²) >= 11 is 4.12. The zero-order valence-corrected chi connectivity index (χ0v) is 7.48. The molecular weight excluding hydrogens is 160 g/mol. The van der Waals surface area contributed by atoms with Crippen LogP contribution < -0.4 is 5.32 Å². The van der Waals surface area contributed by atoms with Gasteiger partial charge in [0.1, 0.15) is 0 Å². The summed E-state index contributed by atoms with van der Waals surface area (Å²) in [6.45, 7) is 4.71. The Labute approximate surface area is 71.9 Å². The molecule has 0 aliphatic carbocycles. The van der Waals surface area contributed by atoms with Crippen molar-refractivity contribution in [2.45, 2.75) is 13.8 Å². The summed E-state index contributed by atoms with van der Waals surface area (Å²) < 4.78 is 0. The first-order valence-electron chi connectivity index (χ1n) is 3.48. The average molecular weight is 171 g/mol. The Hall–Kier alpha value is -0.640. The number of rotatable bonds is 1. The molecule has 1 N–H and O–H groups in total. The van der Waals surface area contributed by atoms with Crippen molar-refractivity contribution in [3.8, 4) is 0 Å². The fourth-order valence-corrected chi connectivity index (χ4v) is 1.46. The second-order valence-electron chi connectivity index (χ2n) is 2.34. The Morgan fingerprint density at radius 3 is 2.82 bits per heavy atom. The first-order valence-corrected chi connectivity index (χ1v) is 3.92. The van der Waals surface area contributed by atoms with Crippen molar-refractivity contribution in [1.82, 2.24) is 10.2 Å². The van der Waals surface area contributed by atoms with Crippen molar-refractivity contribution in [3.63, 3.8) is 0 Å². The number of nitrogens with zero attached hydrogens (tertiary/aromatic N) is 1. The van der Waals surface area contributed by atoms with Crippen molar-refractivity contribution >= 4 is 18.5 Å². The first-order chi connectivity index (χ1) is 5.15. The number of hydrogen-bond donors (Lipinski definition) is 2. The maximum atomic E-state index is 10.9. The molecule has 0 aromatic carbocycles. The van der Waals surface area contributed by atoms with Gasteiger partial charge in [-0.1, -0.05) is 0 Å². The van der Waals surface area contributed by atoms with E-state index in [1.54, 1.807) is 6.08 Å². The van der Waals surface area contributed by atoms with Crippen LogP contribution in [0, 0.1) is 5.50 Å². The lowest BCUT2D eigenvalue weighted by Crippen LogP contribution is -2.41. The van der Waals surface area contributed by atoms with E-state index in [1.165, 1.54) is 0 Å². The molecule has 0 fully saturated rings. The predicted octanol–water partition coefficient (Wildman–Crippen LogP) is 0.719. The van der Waals surface area contributed by atoms with E-state index in [2.05, 4.69) is 17.9 Å². The molecule has 0 atom stereocenters. The molecule has 61 valence electrons. The number of thiol groups is 1. The minimum absolute atomic E-state index is 0.0998. The summed E-state index contributed by atoms with van der Waals surface area (Å²) in [6, 6.07) is 0. The van der Waals surface area contributed by atoms with Gasteiger partial charge < -0.3 is 10.2 Å². The molecule has 1 aliphatic rings. The van der Waals surface area contributed by atoms with Crippen LogP contribution in [-0.4, -0.2) is 17.4 Å². The van der Waals surface area contributed by atoms with Gasteiger partial charge >= 0.3 is 0 Å². The van der Waals surface area contributed by atoms with E-state index in [0.29, 0.717) is 5.50 Å². The fraction of sp³-hybridized carbons (Fsp3) is 0.429. The fourth-order valence-electron chi connectivity index (χ4n) is 1.05. The molecule has 0 unspecified atom stereocenters. The molecule has 11 heavy (non-hydrogen) atoms. The zero-order valence-electron chi connectivity index (χ0n) is 6.59. The van der Waals surface area contributed by atoms with Crippen LogP contribution in [-0.2, 0) is 4.79 Å². The number of carbonyl (C=O) groups excluding carboxylic acids is 1. The lowest BCUT2D eigenvalue weighted by Gasteiger charge is -2.31. The molecule has 1 aliphatic heterocycles. The lowest BCUT2D eigenvalue weighted by atomic mass is 10.3. The quantitative estimate of drug-likeness (QED) is 0.570. The van der Waals surface area contributed by atoms with Gasteiger partial charge in [0.2, 0.25) is 11.4 Å². The van der Waals surface area contributed by atoms with Gasteiger partial charge in [0.25, 0.3) is 0 Å². The maximum Gasteiger partial charge on any atom is 0.248 e. The van der Waals surface area contributed by atoms with Crippen LogP contribution in [0.1, 0.15) is 13.8 Å². The molecule has 0 aromatic rings. The van der Waals surface area contributed by atoms with Crippen LogP contribution in [0.4, 0.5) is 0 Å². The highest BCUT2D eigenvalue weighted by Gasteiger charge is 2.21. The third kappa shape index (κ3) is 1.68. The highest BCUT2D eigenvalue weighted by atomic mass is 32.1. The molecule has 1 radical (unpaired) electrons. The van der Waals surface area contributed by atoms with E-state index >= 15 is 0 Å². The minimum atomic E-state index is -0.0998. The van der Waals surface area contributed by atoms with Crippen molar-refractivity contribution in [2.75, 3.05) is 6.54 Å². The SMILES string of the molecule is CCN1[C](S)NC(=O)C=C1C. The number of hydrogen-bond acceptors (Lipinski definition) is 3. The normalized spacial score (nSPS) is 19.7. The Morgan fingerprint density at radius 2 is 2.36 bits per heavy atom. The Balaban J connectivity index is 2.79. The van der Waals surface area contributed by atoms with Gasteiger partial charge in [0.15, 0.2) is 0 Å². The van der Waals surface area contributed by atoms with Gasteiger partial charge in [-0.2, -0.15) is 0 Å².